The number of rotatable bonds is 5. The van der Waals surface area contributed by atoms with Crippen LogP contribution >= 0.6 is 34.7 Å². The molecule has 5 nitrogen and oxygen atoms in total. The lowest BCUT2D eigenvalue weighted by atomic mass is 10.2. The summed E-state index contributed by atoms with van der Waals surface area (Å²) in [5.74, 6) is 0.192. The van der Waals surface area contributed by atoms with Crippen LogP contribution in [-0.2, 0) is 11.3 Å². The number of carbonyl (C=O) groups excluding carboxylic acids is 1. The standard InChI is InChI=1S/C11H11ClN4OS2/c12-8-4-2-1-3-7(8)5-14-9(17)6-18-11-16-15-10(13)19-11/h1-4H,5-6H2,(H2,13,15)(H,14,17). The molecule has 8 heteroatoms. The monoisotopic (exact) mass is 314 g/mol. The van der Waals surface area contributed by atoms with Gasteiger partial charge in [-0.2, -0.15) is 0 Å². The van der Waals surface area contributed by atoms with Crippen molar-refractivity contribution in [3.8, 4) is 0 Å². The molecule has 0 atom stereocenters. The predicted octanol–water partition coefficient (Wildman–Crippen LogP) is 2.18. The molecule has 0 aliphatic heterocycles. The lowest BCUT2D eigenvalue weighted by Crippen LogP contribution is -2.24. The number of halogens is 1. The van der Waals surface area contributed by atoms with Crippen LogP contribution in [0.4, 0.5) is 5.13 Å². The number of nitrogens with zero attached hydrogens (tertiary/aromatic N) is 2. The summed E-state index contributed by atoms with van der Waals surface area (Å²) < 4.78 is 0.686. The van der Waals surface area contributed by atoms with Crippen molar-refractivity contribution in [3.05, 3.63) is 34.9 Å². The quantitative estimate of drug-likeness (QED) is 0.827. The van der Waals surface area contributed by atoms with Crippen LogP contribution in [0.2, 0.25) is 5.02 Å². The van der Waals surface area contributed by atoms with Crippen LogP contribution in [0.25, 0.3) is 0 Å². The summed E-state index contributed by atoms with van der Waals surface area (Å²) in [5.41, 5.74) is 6.34. The van der Waals surface area contributed by atoms with Crippen LogP contribution in [-0.4, -0.2) is 21.9 Å². The molecule has 0 unspecified atom stereocenters. The molecule has 100 valence electrons. The normalized spacial score (nSPS) is 10.4. The van der Waals surface area contributed by atoms with Gasteiger partial charge in [-0.05, 0) is 11.6 Å². The minimum Gasteiger partial charge on any atom is -0.374 e. The largest absolute Gasteiger partial charge is 0.374 e. The summed E-state index contributed by atoms with van der Waals surface area (Å²) in [5, 5.41) is 11.3. The van der Waals surface area contributed by atoms with Gasteiger partial charge in [0.05, 0.1) is 5.75 Å². The molecule has 0 saturated carbocycles. The second kappa shape index (κ2) is 6.74. The first-order chi connectivity index (χ1) is 9.15. The Morgan fingerprint density at radius 3 is 2.89 bits per heavy atom. The highest BCUT2D eigenvalue weighted by Gasteiger charge is 2.07. The molecule has 0 spiro atoms. The van der Waals surface area contributed by atoms with E-state index in [1.807, 2.05) is 18.2 Å². The molecular formula is C11H11ClN4OS2. The molecule has 3 N–H and O–H groups in total. The molecule has 0 bridgehead atoms. The number of nitrogens with two attached hydrogens (primary N) is 1. The van der Waals surface area contributed by atoms with Crippen molar-refractivity contribution in [2.45, 2.75) is 10.9 Å². The molecular weight excluding hydrogens is 304 g/mol. The van der Waals surface area contributed by atoms with Gasteiger partial charge in [0, 0.05) is 11.6 Å². The van der Waals surface area contributed by atoms with Crippen molar-refractivity contribution in [3.63, 3.8) is 0 Å². The van der Waals surface area contributed by atoms with E-state index in [1.54, 1.807) is 6.07 Å². The van der Waals surface area contributed by atoms with E-state index in [2.05, 4.69) is 15.5 Å². The van der Waals surface area contributed by atoms with Crippen molar-refractivity contribution in [2.24, 2.45) is 0 Å². The maximum Gasteiger partial charge on any atom is 0.230 e. The lowest BCUT2D eigenvalue weighted by molar-refractivity contribution is -0.118. The first kappa shape index (κ1) is 14.1. The molecule has 0 aliphatic carbocycles. The summed E-state index contributed by atoms with van der Waals surface area (Å²) in [6.07, 6.45) is 0. The van der Waals surface area contributed by atoms with Crippen molar-refractivity contribution in [1.82, 2.24) is 15.5 Å². The van der Waals surface area contributed by atoms with Crippen molar-refractivity contribution < 1.29 is 4.79 Å². The second-order valence-corrected chi connectivity index (χ2v) is 6.20. The van der Waals surface area contributed by atoms with E-state index in [1.165, 1.54) is 23.1 Å². The lowest BCUT2D eigenvalue weighted by Gasteiger charge is -2.05. The first-order valence-electron chi connectivity index (χ1n) is 5.37. The zero-order valence-electron chi connectivity index (χ0n) is 9.80. The summed E-state index contributed by atoms with van der Waals surface area (Å²) in [6.45, 7) is 0.414. The van der Waals surface area contributed by atoms with E-state index in [-0.39, 0.29) is 11.7 Å². The summed E-state index contributed by atoms with van der Waals surface area (Å²) in [4.78, 5) is 11.7. The van der Waals surface area contributed by atoms with Gasteiger partial charge >= 0.3 is 0 Å². The zero-order chi connectivity index (χ0) is 13.7. The number of hydrogen-bond acceptors (Lipinski definition) is 6. The average molecular weight is 315 g/mol. The summed E-state index contributed by atoms with van der Waals surface area (Å²) >= 11 is 8.57. The highest BCUT2D eigenvalue weighted by atomic mass is 35.5. The van der Waals surface area contributed by atoms with Crippen LogP contribution in [0.3, 0.4) is 0 Å². The molecule has 0 saturated heterocycles. The van der Waals surface area contributed by atoms with Gasteiger partial charge in [0.2, 0.25) is 11.0 Å². The van der Waals surface area contributed by atoms with Crippen molar-refractivity contribution in [1.29, 1.82) is 0 Å². The Balaban J connectivity index is 1.77. The van der Waals surface area contributed by atoms with Crippen molar-refractivity contribution in [2.75, 3.05) is 11.5 Å². The van der Waals surface area contributed by atoms with E-state index in [4.69, 9.17) is 17.3 Å². The van der Waals surface area contributed by atoms with Crippen LogP contribution in [0.1, 0.15) is 5.56 Å². The fraction of sp³-hybridized carbons (Fsp3) is 0.182. The second-order valence-electron chi connectivity index (χ2n) is 3.56. The smallest absolute Gasteiger partial charge is 0.230 e. The van der Waals surface area contributed by atoms with Gasteiger partial charge in [0.25, 0.3) is 0 Å². The Morgan fingerprint density at radius 2 is 2.21 bits per heavy atom. The van der Waals surface area contributed by atoms with Gasteiger partial charge in [-0.15, -0.1) is 10.2 Å². The minimum atomic E-state index is -0.0845. The number of benzene rings is 1. The molecule has 19 heavy (non-hydrogen) atoms. The minimum absolute atomic E-state index is 0.0845. The van der Waals surface area contributed by atoms with Gasteiger partial charge in [0.15, 0.2) is 4.34 Å². The Kier molecular flexibility index (Phi) is 5.00. The Hall–Kier alpha value is -1.31. The SMILES string of the molecule is Nc1nnc(SCC(=O)NCc2ccccc2Cl)s1. The van der Waals surface area contributed by atoms with E-state index in [9.17, 15) is 4.79 Å². The number of carbonyl (C=O) groups is 1. The maximum atomic E-state index is 11.7. The molecule has 1 amide bonds. The van der Waals surface area contributed by atoms with Gasteiger partial charge in [-0.25, -0.2) is 0 Å². The zero-order valence-corrected chi connectivity index (χ0v) is 12.2. The highest BCUT2D eigenvalue weighted by molar-refractivity contribution is 8.01. The number of aromatic nitrogens is 2. The van der Waals surface area contributed by atoms with E-state index in [0.717, 1.165) is 5.56 Å². The van der Waals surface area contributed by atoms with Gasteiger partial charge in [0.1, 0.15) is 0 Å². The number of nitrogen functional groups attached to an aromatic ring is 1. The van der Waals surface area contributed by atoms with E-state index in [0.29, 0.717) is 21.0 Å². The molecule has 0 aliphatic rings. The van der Waals surface area contributed by atoms with Gasteiger partial charge < -0.3 is 11.1 Å². The number of hydrogen-bond donors (Lipinski definition) is 2. The van der Waals surface area contributed by atoms with Crippen LogP contribution in [0.15, 0.2) is 28.6 Å². The molecule has 2 aromatic rings. The molecule has 1 aromatic heterocycles. The summed E-state index contributed by atoms with van der Waals surface area (Å²) in [7, 11) is 0. The Morgan fingerprint density at radius 1 is 1.42 bits per heavy atom. The average Bonchev–Trinajstić information content (AvgIpc) is 2.81. The van der Waals surface area contributed by atoms with E-state index < -0.39 is 0 Å². The molecule has 0 fully saturated rings. The maximum absolute atomic E-state index is 11.7. The fourth-order valence-electron chi connectivity index (χ4n) is 1.29. The molecule has 0 radical (unpaired) electrons. The first-order valence-corrected chi connectivity index (χ1v) is 7.55. The summed E-state index contributed by atoms with van der Waals surface area (Å²) in [6, 6.07) is 7.40. The van der Waals surface area contributed by atoms with E-state index >= 15 is 0 Å². The molecule has 2 rings (SSSR count). The van der Waals surface area contributed by atoms with Gasteiger partial charge in [-0.1, -0.05) is 52.9 Å². The third-order valence-corrected chi connectivity index (χ3v) is 4.44. The molecule has 1 aromatic carbocycles. The van der Waals surface area contributed by atoms with Crippen molar-refractivity contribution >= 4 is 45.7 Å². The van der Waals surface area contributed by atoms with Crippen LogP contribution in [0, 0.1) is 0 Å². The van der Waals surface area contributed by atoms with Crippen LogP contribution < -0.4 is 11.1 Å². The number of thioether (sulfide) groups is 1. The number of amides is 1. The number of anilines is 1. The highest BCUT2D eigenvalue weighted by Crippen LogP contribution is 2.23. The fourth-order valence-corrected chi connectivity index (χ4v) is 2.96. The predicted molar refractivity (Wildman–Crippen MR) is 78.3 cm³/mol. The third kappa shape index (κ3) is 4.38. The Labute approximate surface area is 123 Å². The molecule has 1 heterocycles. The topological polar surface area (TPSA) is 80.9 Å². The van der Waals surface area contributed by atoms with Gasteiger partial charge in [-0.3, -0.25) is 4.79 Å². The Bertz CT molecular complexity index is 575. The third-order valence-electron chi connectivity index (χ3n) is 2.18. The van der Waals surface area contributed by atoms with Crippen LogP contribution in [0.5, 0.6) is 0 Å². The number of nitrogens with one attached hydrogen (secondary N) is 1.